The van der Waals surface area contributed by atoms with Crippen molar-refractivity contribution < 1.29 is 19.1 Å². The predicted molar refractivity (Wildman–Crippen MR) is 114 cm³/mol. The zero-order chi connectivity index (χ0) is 21.6. The molecule has 1 atom stereocenters. The number of hydrogen-bond donors (Lipinski definition) is 2. The van der Waals surface area contributed by atoms with Crippen molar-refractivity contribution in [3.05, 3.63) is 58.7 Å². The summed E-state index contributed by atoms with van der Waals surface area (Å²) in [7, 11) is 1.58. The second-order valence-electron chi connectivity index (χ2n) is 7.35. The van der Waals surface area contributed by atoms with E-state index in [0.717, 1.165) is 16.7 Å². The third-order valence-electron chi connectivity index (χ3n) is 4.61. The van der Waals surface area contributed by atoms with Gasteiger partial charge in [-0.3, -0.25) is 9.59 Å². The van der Waals surface area contributed by atoms with E-state index in [1.165, 1.54) is 0 Å². The molecular formula is C23H30N2O4. The topological polar surface area (TPSA) is 76.7 Å². The normalized spacial score (nSPS) is 11.7. The minimum atomic E-state index is -0.271. The predicted octanol–water partition coefficient (Wildman–Crippen LogP) is 3.71. The maximum Gasteiger partial charge on any atom is 0.251 e. The Kier molecular flexibility index (Phi) is 7.65. The van der Waals surface area contributed by atoms with Crippen LogP contribution in [-0.2, 0) is 4.79 Å². The SMILES string of the molecule is COc1cc(C(C)NC(=O)CNC(=O)c2ccc(C)c(C)c2)ccc1OC(C)C. The molecule has 2 rings (SSSR count). The molecule has 6 nitrogen and oxygen atoms in total. The van der Waals surface area contributed by atoms with Crippen molar-refractivity contribution in [1.29, 1.82) is 0 Å². The van der Waals surface area contributed by atoms with Gasteiger partial charge in [-0.2, -0.15) is 0 Å². The van der Waals surface area contributed by atoms with Crippen LogP contribution in [0.15, 0.2) is 36.4 Å². The van der Waals surface area contributed by atoms with Gasteiger partial charge in [0.2, 0.25) is 5.91 Å². The summed E-state index contributed by atoms with van der Waals surface area (Å²) in [6, 6.07) is 10.8. The number of aryl methyl sites for hydroxylation is 2. The second-order valence-corrected chi connectivity index (χ2v) is 7.35. The molecule has 0 saturated carbocycles. The van der Waals surface area contributed by atoms with Crippen LogP contribution in [0.25, 0.3) is 0 Å². The molecule has 0 bridgehead atoms. The third kappa shape index (κ3) is 6.24. The van der Waals surface area contributed by atoms with E-state index in [0.29, 0.717) is 17.1 Å². The van der Waals surface area contributed by atoms with Gasteiger partial charge in [0.25, 0.3) is 5.91 Å². The lowest BCUT2D eigenvalue weighted by Crippen LogP contribution is -2.38. The van der Waals surface area contributed by atoms with Crippen molar-refractivity contribution in [3.8, 4) is 11.5 Å². The van der Waals surface area contributed by atoms with Gasteiger partial charge >= 0.3 is 0 Å². The zero-order valence-electron chi connectivity index (χ0n) is 18.0. The lowest BCUT2D eigenvalue weighted by molar-refractivity contribution is -0.120. The molecule has 0 heterocycles. The maximum atomic E-state index is 12.3. The average molecular weight is 399 g/mol. The van der Waals surface area contributed by atoms with E-state index in [1.54, 1.807) is 13.2 Å². The molecule has 1 unspecified atom stereocenters. The van der Waals surface area contributed by atoms with Gasteiger partial charge < -0.3 is 20.1 Å². The van der Waals surface area contributed by atoms with Gasteiger partial charge in [0.15, 0.2) is 11.5 Å². The van der Waals surface area contributed by atoms with Gasteiger partial charge in [-0.05, 0) is 75.6 Å². The van der Waals surface area contributed by atoms with Crippen molar-refractivity contribution in [1.82, 2.24) is 10.6 Å². The van der Waals surface area contributed by atoms with Crippen molar-refractivity contribution >= 4 is 11.8 Å². The number of carbonyl (C=O) groups excluding carboxylic acids is 2. The van der Waals surface area contributed by atoms with Gasteiger partial charge in [-0.1, -0.05) is 12.1 Å². The first-order chi connectivity index (χ1) is 13.7. The number of hydrogen-bond acceptors (Lipinski definition) is 4. The molecule has 156 valence electrons. The Hall–Kier alpha value is -3.02. The van der Waals surface area contributed by atoms with Crippen molar-refractivity contribution in [2.45, 2.75) is 46.8 Å². The highest BCUT2D eigenvalue weighted by Gasteiger charge is 2.15. The number of benzene rings is 2. The van der Waals surface area contributed by atoms with Crippen LogP contribution >= 0.6 is 0 Å². The summed E-state index contributed by atoms with van der Waals surface area (Å²) in [4.78, 5) is 24.5. The van der Waals surface area contributed by atoms with Crippen LogP contribution in [0, 0.1) is 13.8 Å². The third-order valence-corrected chi connectivity index (χ3v) is 4.61. The summed E-state index contributed by atoms with van der Waals surface area (Å²) >= 11 is 0. The molecule has 29 heavy (non-hydrogen) atoms. The van der Waals surface area contributed by atoms with Crippen LogP contribution in [0.5, 0.6) is 11.5 Å². The molecule has 6 heteroatoms. The number of amides is 2. The summed E-state index contributed by atoms with van der Waals surface area (Å²) in [6.07, 6.45) is 0.0350. The average Bonchev–Trinajstić information content (AvgIpc) is 2.68. The van der Waals surface area contributed by atoms with E-state index in [4.69, 9.17) is 9.47 Å². The Morgan fingerprint density at radius 1 is 0.966 bits per heavy atom. The lowest BCUT2D eigenvalue weighted by Gasteiger charge is -2.18. The van der Waals surface area contributed by atoms with Crippen LogP contribution < -0.4 is 20.1 Å². The molecule has 0 spiro atoms. The second kappa shape index (κ2) is 9.96. The standard InChI is InChI=1S/C23H30N2O4/c1-14(2)29-20-10-9-18(12-21(20)28-6)17(5)25-22(26)13-24-23(27)19-8-7-15(3)16(4)11-19/h7-12,14,17H,13H2,1-6H3,(H,24,27)(H,25,26). The highest BCUT2D eigenvalue weighted by atomic mass is 16.5. The number of methoxy groups -OCH3 is 1. The molecule has 0 aliphatic carbocycles. The molecule has 0 aromatic heterocycles. The maximum absolute atomic E-state index is 12.3. The lowest BCUT2D eigenvalue weighted by atomic mass is 10.1. The smallest absolute Gasteiger partial charge is 0.251 e. The van der Waals surface area contributed by atoms with E-state index >= 15 is 0 Å². The number of nitrogens with one attached hydrogen (secondary N) is 2. The summed E-state index contributed by atoms with van der Waals surface area (Å²) in [5.74, 6) is 0.731. The Bertz CT molecular complexity index is 877. The van der Waals surface area contributed by atoms with Crippen molar-refractivity contribution in [2.75, 3.05) is 13.7 Å². The fraction of sp³-hybridized carbons (Fsp3) is 0.391. The fourth-order valence-corrected chi connectivity index (χ4v) is 2.83. The van der Waals surface area contributed by atoms with Gasteiger partial charge in [0.05, 0.1) is 25.8 Å². The Morgan fingerprint density at radius 2 is 1.69 bits per heavy atom. The van der Waals surface area contributed by atoms with Crippen LogP contribution in [0.4, 0.5) is 0 Å². The number of rotatable bonds is 8. The van der Waals surface area contributed by atoms with Crippen LogP contribution in [0.1, 0.15) is 53.9 Å². The highest BCUT2D eigenvalue weighted by molar-refractivity contribution is 5.96. The molecule has 2 aromatic carbocycles. The summed E-state index contributed by atoms with van der Waals surface area (Å²) in [5.41, 5.74) is 3.58. The van der Waals surface area contributed by atoms with Crippen LogP contribution in [0.2, 0.25) is 0 Å². The van der Waals surface area contributed by atoms with Gasteiger partial charge in [0.1, 0.15) is 0 Å². The van der Waals surface area contributed by atoms with E-state index in [9.17, 15) is 9.59 Å². The highest BCUT2D eigenvalue weighted by Crippen LogP contribution is 2.31. The molecule has 2 aromatic rings. The minimum absolute atomic E-state index is 0.0350. The van der Waals surface area contributed by atoms with E-state index in [1.807, 2.05) is 65.0 Å². The minimum Gasteiger partial charge on any atom is -0.493 e. The van der Waals surface area contributed by atoms with Crippen LogP contribution in [0.3, 0.4) is 0 Å². The number of carbonyl (C=O) groups is 2. The Labute approximate surface area is 172 Å². The Balaban J connectivity index is 1.94. The van der Waals surface area contributed by atoms with E-state index in [-0.39, 0.29) is 30.5 Å². The van der Waals surface area contributed by atoms with E-state index in [2.05, 4.69) is 10.6 Å². The number of ether oxygens (including phenoxy) is 2. The van der Waals surface area contributed by atoms with Crippen molar-refractivity contribution in [2.24, 2.45) is 0 Å². The molecule has 2 N–H and O–H groups in total. The monoisotopic (exact) mass is 398 g/mol. The molecule has 0 aliphatic heterocycles. The molecular weight excluding hydrogens is 368 g/mol. The molecule has 0 radical (unpaired) electrons. The van der Waals surface area contributed by atoms with Crippen LogP contribution in [-0.4, -0.2) is 31.6 Å². The van der Waals surface area contributed by atoms with Gasteiger partial charge in [0, 0.05) is 5.56 Å². The van der Waals surface area contributed by atoms with Crippen molar-refractivity contribution in [3.63, 3.8) is 0 Å². The first-order valence-corrected chi connectivity index (χ1v) is 9.70. The summed E-state index contributed by atoms with van der Waals surface area (Å²) in [6.45, 7) is 9.61. The fourth-order valence-electron chi connectivity index (χ4n) is 2.83. The first-order valence-electron chi connectivity index (χ1n) is 9.70. The summed E-state index contributed by atoms with van der Waals surface area (Å²) < 4.78 is 11.1. The molecule has 0 fully saturated rings. The quantitative estimate of drug-likeness (QED) is 0.711. The van der Waals surface area contributed by atoms with Gasteiger partial charge in [-0.25, -0.2) is 0 Å². The molecule has 2 amide bonds. The zero-order valence-corrected chi connectivity index (χ0v) is 18.0. The Morgan fingerprint density at radius 3 is 2.31 bits per heavy atom. The molecule has 0 aliphatic rings. The molecule has 0 saturated heterocycles. The van der Waals surface area contributed by atoms with Gasteiger partial charge in [-0.15, -0.1) is 0 Å². The van der Waals surface area contributed by atoms with E-state index < -0.39 is 0 Å². The summed E-state index contributed by atoms with van der Waals surface area (Å²) in [5, 5.41) is 5.54. The largest absolute Gasteiger partial charge is 0.493 e. The first kappa shape index (κ1) is 22.3.